The van der Waals surface area contributed by atoms with Crippen LogP contribution in [0.2, 0.25) is 0 Å². The van der Waals surface area contributed by atoms with Gasteiger partial charge in [0.25, 0.3) is 0 Å². The van der Waals surface area contributed by atoms with E-state index in [4.69, 9.17) is 4.74 Å². The molecule has 0 N–H and O–H groups in total. The summed E-state index contributed by atoms with van der Waals surface area (Å²) in [5.41, 5.74) is 1.90. The summed E-state index contributed by atoms with van der Waals surface area (Å²) in [4.78, 5) is 9.34. The van der Waals surface area contributed by atoms with E-state index in [1.54, 1.807) is 16.9 Å². The average Bonchev–Trinajstić information content (AvgIpc) is 3.22. The Balaban J connectivity index is 1.84. The van der Waals surface area contributed by atoms with E-state index >= 15 is 0 Å². The van der Waals surface area contributed by atoms with Gasteiger partial charge in [0.2, 0.25) is 4.96 Å². The first-order valence-electron chi connectivity index (χ1n) is 6.68. The molecule has 0 aliphatic carbocycles. The van der Waals surface area contributed by atoms with Crippen LogP contribution in [0.15, 0.2) is 24.5 Å². The molecule has 0 radical (unpaired) electrons. The topological polar surface area (TPSA) is 76.1 Å². The molecule has 1 fully saturated rings. The van der Waals surface area contributed by atoms with Crippen LogP contribution < -0.4 is 0 Å². The molecule has 104 valence electrons. The van der Waals surface area contributed by atoms with Crippen molar-refractivity contribution in [2.45, 2.75) is 18.9 Å². The van der Waals surface area contributed by atoms with Gasteiger partial charge in [0.15, 0.2) is 5.69 Å². The minimum absolute atomic E-state index is 0.0464. The van der Waals surface area contributed by atoms with E-state index in [2.05, 4.69) is 21.1 Å². The zero-order valence-corrected chi connectivity index (χ0v) is 11.9. The second-order valence-corrected chi connectivity index (χ2v) is 5.79. The van der Waals surface area contributed by atoms with E-state index in [1.165, 1.54) is 11.3 Å². The van der Waals surface area contributed by atoms with Gasteiger partial charge < -0.3 is 4.74 Å². The lowest BCUT2D eigenvalue weighted by molar-refractivity contribution is 0.111. The van der Waals surface area contributed by atoms with Crippen LogP contribution in [0.25, 0.3) is 16.2 Å². The number of hydrogen-bond donors (Lipinski definition) is 0. The van der Waals surface area contributed by atoms with Gasteiger partial charge in [-0.15, -0.1) is 0 Å². The molecule has 0 aromatic carbocycles. The molecule has 21 heavy (non-hydrogen) atoms. The Morgan fingerprint density at radius 2 is 2.43 bits per heavy atom. The first-order valence-corrected chi connectivity index (χ1v) is 7.50. The number of ether oxygens (including phenoxy) is 1. The summed E-state index contributed by atoms with van der Waals surface area (Å²) in [6.07, 6.45) is 5.48. The third-order valence-corrected chi connectivity index (χ3v) is 4.47. The first kappa shape index (κ1) is 12.4. The van der Waals surface area contributed by atoms with Crippen LogP contribution in [-0.2, 0) is 4.74 Å². The maximum atomic E-state index is 9.44. The van der Waals surface area contributed by atoms with Gasteiger partial charge in [-0.05, 0) is 25.0 Å². The number of rotatable bonds is 2. The molecule has 1 atom stereocenters. The van der Waals surface area contributed by atoms with Gasteiger partial charge in [0.1, 0.15) is 22.9 Å². The molecule has 3 aromatic rings. The number of fused-ring (bicyclic) bond motifs is 1. The summed E-state index contributed by atoms with van der Waals surface area (Å²) in [7, 11) is 0. The molecule has 1 saturated heterocycles. The number of nitrogens with zero attached hydrogens (tertiary/aromatic N) is 5. The lowest BCUT2D eigenvalue weighted by Crippen LogP contribution is -1.98. The molecule has 0 spiro atoms. The quantitative estimate of drug-likeness (QED) is 0.726. The van der Waals surface area contributed by atoms with Crippen LogP contribution in [0.4, 0.5) is 0 Å². The minimum Gasteiger partial charge on any atom is -0.371 e. The molecule has 4 rings (SSSR count). The number of imidazole rings is 1. The predicted octanol–water partition coefficient (Wildman–Crippen LogP) is 2.58. The third kappa shape index (κ3) is 2.00. The smallest absolute Gasteiger partial charge is 0.214 e. The van der Waals surface area contributed by atoms with Gasteiger partial charge >= 0.3 is 0 Å². The second-order valence-electron chi connectivity index (χ2n) is 4.80. The summed E-state index contributed by atoms with van der Waals surface area (Å²) in [6, 6.07) is 5.92. The van der Waals surface area contributed by atoms with E-state index in [0.29, 0.717) is 11.4 Å². The van der Waals surface area contributed by atoms with Crippen molar-refractivity contribution in [1.29, 1.82) is 5.26 Å². The fraction of sp³-hybridized carbons (Fsp3) is 0.286. The highest BCUT2D eigenvalue weighted by Crippen LogP contribution is 2.33. The SMILES string of the molecule is N#Cc1c(-c2cccnc2)nc2sc(C3CCCO3)nn12. The van der Waals surface area contributed by atoms with Crippen LogP contribution in [0.5, 0.6) is 0 Å². The summed E-state index contributed by atoms with van der Waals surface area (Å²) >= 11 is 1.48. The van der Waals surface area contributed by atoms with Crippen LogP contribution in [0, 0.1) is 11.3 Å². The maximum Gasteiger partial charge on any atom is 0.214 e. The largest absolute Gasteiger partial charge is 0.371 e. The molecular weight excluding hydrogens is 286 g/mol. The molecule has 4 heterocycles. The van der Waals surface area contributed by atoms with Crippen molar-refractivity contribution in [3.63, 3.8) is 0 Å². The first-order chi connectivity index (χ1) is 10.4. The Bertz CT molecular complexity index is 826. The number of hydrogen-bond acceptors (Lipinski definition) is 6. The Labute approximate surface area is 124 Å². The number of aromatic nitrogens is 4. The Morgan fingerprint density at radius 1 is 1.48 bits per heavy atom. The van der Waals surface area contributed by atoms with Crippen molar-refractivity contribution in [3.05, 3.63) is 35.2 Å². The fourth-order valence-electron chi connectivity index (χ4n) is 2.47. The molecule has 6 nitrogen and oxygen atoms in total. The van der Waals surface area contributed by atoms with Crippen molar-refractivity contribution in [2.75, 3.05) is 6.61 Å². The standard InChI is InChI=1S/C14H11N5OS/c15-7-10-12(9-3-1-5-16-8-9)17-14-19(10)18-13(21-14)11-4-2-6-20-11/h1,3,5,8,11H,2,4,6H2. The summed E-state index contributed by atoms with van der Waals surface area (Å²) in [5.74, 6) is 0. The molecule has 0 bridgehead atoms. The van der Waals surface area contributed by atoms with E-state index in [0.717, 1.165) is 35.0 Å². The predicted molar refractivity (Wildman–Crippen MR) is 76.7 cm³/mol. The molecule has 0 amide bonds. The molecular formula is C14H11N5OS. The van der Waals surface area contributed by atoms with Gasteiger partial charge in [0, 0.05) is 24.6 Å². The van der Waals surface area contributed by atoms with Crippen molar-refractivity contribution in [3.8, 4) is 17.3 Å². The van der Waals surface area contributed by atoms with E-state index in [-0.39, 0.29) is 6.10 Å². The van der Waals surface area contributed by atoms with E-state index in [1.807, 2.05) is 12.1 Å². The molecule has 3 aromatic heterocycles. The Hall–Kier alpha value is -2.30. The van der Waals surface area contributed by atoms with Crippen LogP contribution in [-0.4, -0.2) is 26.2 Å². The van der Waals surface area contributed by atoms with Crippen molar-refractivity contribution in [2.24, 2.45) is 0 Å². The monoisotopic (exact) mass is 297 g/mol. The lowest BCUT2D eigenvalue weighted by Gasteiger charge is -2.02. The molecule has 1 aliphatic heterocycles. The van der Waals surface area contributed by atoms with Crippen LogP contribution >= 0.6 is 11.3 Å². The highest BCUT2D eigenvalue weighted by Gasteiger charge is 2.24. The highest BCUT2D eigenvalue weighted by atomic mass is 32.1. The highest BCUT2D eigenvalue weighted by molar-refractivity contribution is 7.16. The fourth-order valence-corrected chi connectivity index (χ4v) is 3.45. The number of nitriles is 1. The summed E-state index contributed by atoms with van der Waals surface area (Å²) in [6.45, 7) is 0.776. The summed E-state index contributed by atoms with van der Waals surface area (Å²) < 4.78 is 7.26. The van der Waals surface area contributed by atoms with E-state index < -0.39 is 0 Å². The van der Waals surface area contributed by atoms with Gasteiger partial charge in [0.05, 0.1) is 0 Å². The second kappa shape index (κ2) is 4.91. The van der Waals surface area contributed by atoms with Crippen LogP contribution in [0.1, 0.15) is 29.6 Å². The van der Waals surface area contributed by atoms with Gasteiger partial charge in [-0.3, -0.25) is 4.98 Å². The molecule has 1 aliphatic rings. The van der Waals surface area contributed by atoms with Gasteiger partial charge in [-0.2, -0.15) is 14.9 Å². The maximum absolute atomic E-state index is 9.44. The lowest BCUT2D eigenvalue weighted by atomic mass is 10.2. The zero-order chi connectivity index (χ0) is 14.2. The third-order valence-electron chi connectivity index (χ3n) is 3.47. The molecule has 1 unspecified atom stereocenters. The normalized spacial score (nSPS) is 18.1. The summed E-state index contributed by atoms with van der Waals surface area (Å²) in [5, 5.41) is 14.9. The molecule has 7 heteroatoms. The Morgan fingerprint density at radius 3 is 3.14 bits per heavy atom. The molecule has 0 saturated carbocycles. The minimum atomic E-state index is 0.0464. The van der Waals surface area contributed by atoms with Gasteiger partial charge in [-0.25, -0.2) is 4.98 Å². The zero-order valence-electron chi connectivity index (χ0n) is 11.1. The van der Waals surface area contributed by atoms with Gasteiger partial charge in [-0.1, -0.05) is 11.3 Å². The van der Waals surface area contributed by atoms with Crippen molar-refractivity contribution < 1.29 is 4.74 Å². The van der Waals surface area contributed by atoms with Crippen molar-refractivity contribution in [1.82, 2.24) is 19.6 Å². The van der Waals surface area contributed by atoms with Crippen molar-refractivity contribution >= 4 is 16.3 Å². The van der Waals surface area contributed by atoms with E-state index in [9.17, 15) is 5.26 Å². The average molecular weight is 297 g/mol. The van der Waals surface area contributed by atoms with Crippen LogP contribution in [0.3, 0.4) is 0 Å². The Kier molecular flexibility index (Phi) is 2.91. The number of pyridine rings is 1.